The van der Waals surface area contributed by atoms with Gasteiger partial charge in [-0.1, -0.05) is 18.2 Å². The number of amides is 1. The molecule has 0 spiro atoms. The number of hydrogen-bond donors (Lipinski definition) is 1. The number of nitrogens with one attached hydrogen (secondary N) is 1. The molecule has 1 N–H and O–H groups in total. The first-order valence-corrected chi connectivity index (χ1v) is 6.89. The zero-order valence-electron chi connectivity index (χ0n) is 12.4. The van der Waals surface area contributed by atoms with E-state index in [0.29, 0.717) is 17.3 Å². The van der Waals surface area contributed by atoms with Crippen LogP contribution in [0.5, 0.6) is 5.88 Å². The summed E-state index contributed by atoms with van der Waals surface area (Å²) in [4.78, 5) is 12.1. The minimum absolute atomic E-state index is 0.445. The summed E-state index contributed by atoms with van der Waals surface area (Å²) in [5.41, 5.74) is 2.42. The zero-order valence-corrected chi connectivity index (χ0v) is 12.4. The van der Waals surface area contributed by atoms with E-state index < -0.39 is 6.09 Å². The van der Waals surface area contributed by atoms with Gasteiger partial charge in [0.25, 0.3) is 0 Å². The maximum atomic E-state index is 12.1. The van der Waals surface area contributed by atoms with Gasteiger partial charge in [0, 0.05) is 18.9 Å². The van der Waals surface area contributed by atoms with Gasteiger partial charge in [0.1, 0.15) is 5.76 Å². The van der Waals surface area contributed by atoms with Gasteiger partial charge < -0.3 is 13.7 Å². The molecule has 0 radical (unpaired) electrons. The molecule has 2 heterocycles. The van der Waals surface area contributed by atoms with Crippen molar-refractivity contribution in [2.45, 2.75) is 6.92 Å². The summed E-state index contributed by atoms with van der Waals surface area (Å²) in [6.07, 6.45) is 2.94. The number of rotatable bonds is 3. The van der Waals surface area contributed by atoms with E-state index in [2.05, 4.69) is 5.32 Å². The van der Waals surface area contributed by atoms with Crippen LogP contribution in [0.1, 0.15) is 5.56 Å². The van der Waals surface area contributed by atoms with Crippen LogP contribution in [0.3, 0.4) is 0 Å². The number of aryl methyl sites for hydroxylation is 2. The van der Waals surface area contributed by atoms with Crippen molar-refractivity contribution in [1.82, 2.24) is 4.57 Å². The smallest absolute Gasteiger partial charge is 0.418 e. The standard InChI is InChI=1S/C17H16N2O3/c1-12-11-19(2)16(15(12)14-9-6-10-21-14)22-17(20)18-13-7-4-3-5-8-13/h3-11H,1-2H3,(H,18,20). The number of aromatic nitrogens is 1. The molecular formula is C17H16N2O3. The molecule has 3 rings (SSSR count). The lowest BCUT2D eigenvalue weighted by Crippen LogP contribution is -2.18. The van der Waals surface area contributed by atoms with Crippen LogP contribution in [-0.4, -0.2) is 10.7 Å². The number of nitrogens with zero attached hydrogens (tertiary/aromatic N) is 1. The van der Waals surface area contributed by atoms with Crippen molar-refractivity contribution in [3.8, 4) is 17.2 Å². The highest BCUT2D eigenvalue weighted by atomic mass is 16.6. The van der Waals surface area contributed by atoms with Crippen molar-refractivity contribution in [2.24, 2.45) is 7.05 Å². The third kappa shape index (κ3) is 2.74. The van der Waals surface area contributed by atoms with Gasteiger partial charge >= 0.3 is 6.09 Å². The van der Waals surface area contributed by atoms with Crippen LogP contribution >= 0.6 is 0 Å². The molecule has 0 saturated carbocycles. The van der Waals surface area contributed by atoms with E-state index in [9.17, 15) is 4.79 Å². The van der Waals surface area contributed by atoms with E-state index in [1.165, 1.54) is 0 Å². The number of hydrogen-bond acceptors (Lipinski definition) is 3. The van der Waals surface area contributed by atoms with Gasteiger partial charge in [0.15, 0.2) is 0 Å². The molecule has 112 valence electrons. The Morgan fingerprint density at radius 2 is 1.95 bits per heavy atom. The average Bonchev–Trinajstić information content (AvgIpc) is 3.09. The summed E-state index contributed by atoms with van der Waals surface area (Å²) in [6.45, 7) is 1.94. The molecule has 0 aliphatic heterocycles. The predicted molar refractivity (Wildman–Crippen MR) is 83.9 cm³/mol. The average molecular weight is 296 g/mol. The van der Waals surface area contributed by atoms with Crippen molar-refractivity contribution in [3.63, 3.8) is 0 Å². The van der Waals surface area contributed by atoms with Gasteiger partial charge in [-0.25, -0.2) is 4.79 Å². The quantitative estimate of drug-likeness (QED) is 0.788. The molecule has 0 atom stereocenters. The van der Waals surface area contributed by atoms with E-state index in [1.54, 1.807) is 29.0 Å². The van der Waals surface area contributed by atoms with Gasteiger partial charge in [0.05, 0.1) is 11.8 Å². The fourth-order valence-electron chi connectivity index (χ4n) is 2.35. The fourth-order valence-corrected chi connectivity index (χ4v) is 2.35. The molecule has 0 saturated heterocycles. The summed E-state index contributed by atoms with van der Waals surface area (Å²) in [5.74, 6) is 1.11. The fraction of sp³-hybridized carbons (Fsp3) is 0.118. The Kier molecular flexibility index (Phi) is 3.70. The highest BCUT2D eigenvalue weighted by Crippen LogP contribution is 2.35. The maximum absolute atomic E-state index is 12.1. The number of carbonyl (C=O) groups is 1. The molecule has 1 amide bonds. The summed E-state index contributed by atoms with van der Waals surface area (Å²) < 4.78 is 12.7. The molecule has 5 heteroatoms. The predicted octanol–water partition coefficient (Wildman–Crippen LogP) is 4.20. The number of carbonyl (C=O) groups excluding carboxylic acids is 1. The first kappa shape index (κ1) is 14.0. The second-order valence-corrected chi connectivity index (χ2v) is 4.96. The Hall–Kier alpha value is -2.95. The van der Waals surface area contributed by atoms with Crippen molar-refractivity contribution >= 4 is 11.8 Å². The van der Waals surface area contributed by atoms with E-state index in [-0.39, 0.29) is 0 Å². The Morgan fingerprint density at radius 3 is 2.64 bits per heavy atom. The van der Waals surface area contributed by atoms with Gasteiger partial charge in [0.2, 0.25) is 5.88 Å². The minimum Gasteiger partial charge on any atom is -0.464 e. The normalized spacial score (nSPS) is 10.5. The lowest BCUT2D eigenvalue weighted by Gasteiger charge is -2.09. The topological polar surface area (TPSA) is 56.4 Å². The Bertz CT molecular complexity index is 774. The molecule has 0 aliphatic rings. The molecule has 22 heavy (non-hydrogen) atoms. The Morgan fingerprint density at radius 1 is 1.18 bits per heavy atom. The highest BCUT2D eigenvalue weighted by molar-refractivity contribution is 5.87. The zero-order chi connectivity index (χ0) is 15.5. The van der Waals surface area contributed by atoms with Crippen LogP contribution in [0.2, 0.25) is 0 Å². The molecule has 0 bridgehead atoms. The van der Waals surface area contributed by atoms with Crippen molar-refractivity contribution in [3.05, 3.63) is 60.5 Å². The molecular weight excluding hydrogens is 280 g/mol. The van der Waals surface area contributed by atoms with Crippen LogP contribution in [-0.2, 0) is 7.05 Å². The minimum atomic E-state index is -0.541. The Balaban J connectivity index is 1.85. The number of ether oxygens (including phenoxy) is 1. The van der Waals surface area contributed by atoms with Crippen LogP contribution in [0, 0.1) is 6.92 Å². The summed E-state index contributed by atoms with van der Waals surface area (Å²) in [7, 11) is 1.82. The Labute approximate surface area is 128 Å². The van der Waals surface area contributed by atoms with Gasteiger partial charge in [-0.2, -0.15) is 0 Å². The molecule has 0 fully saturated rings. The van der Waals surface area contributed by atoms with Crippen LogP contribution in [0.4, 0.5) is 10.5 Å². The lowest BCUT2D eigenvalue weighted by molar-refractivity contribution is 0.212. The van der Waals surface area contributed by atoms with Crippen molar-refractivity contribution < 1.29 is 13.9 Å². The lowest BCUT2D eigenvalue weighted by atomic mass is 10.1. The monoisotopic (exact) mass is 296 g/mol. The molecule has 0 aliphatic carbocycles. The second-order valence-electron chi connectivity index (χ2n) is 4.96. The van der Waals surface area contributed by atoms with Crippen LogP contribution < -0.4 is 10.1 Å². The molecule has 0 unspecified atom stereocenters. The van der Waals surface area contributed by atoms with E-state index in [1.807, 2.05) is 44.4 Å². The van der Waals surface area contributed by atoms with E-state index in [4.69, 9.17) is 9.15 Å². The SMILES string of the molecule is Cc1cn(C)c(OC(=O)Nc2ccccc2)c1-c1ccco1. The maximum Gasteiger partial charge on any atom is 0.418 e. The number of furan rings is 1. The van der Waals surface area contributed by atoms with Crippen LogP contribution in [0.25, 0.3) is 11.3 Å². The number of benzene rings is 1. The van der Waals surface area contributed by atoms with Gasteiger partial charge in [-0.15, -0.1) is 0 Å². The third-order valence-corrected chi connectivity index (χ3v) is 3.29. The summed E-state index contributed by atoms with van der Waals surface area (Å²) in [6, 6.07) is 12.8. The molecule has 2 aromatic heterocycles. The second kappa shape index (κ2) is 5.81. The van der Waals surface area contributed by atoms with E-state index in [0.717, 1.165) is 11.1 Å². The van der Waals surface area contributed by atoms with Crippen LogP contribution in [0.15, 0.2) is 59.3 Å². The first-order chi connectivity index (χ1) is 10.6. The van der Waals surface area contributed by atoms with Crippen molar-refractivity contribution in [2.75, 3.05) is 5.32 Å². The number of anilines is 1. The third-order valence-electron chi connectivity index (χ3n) is 3.29. The largest absolute Gasteiger partial charge is 0.464 e. The number of para-hydroxylation sites is 1. The highest BCUT2D eigenvalue weighted by Gasteiger charge is 2.19. The molecule has 5 nitrogen and oxygen atoms in total. The van der Waals surface area contributed by atoms with Gasteiger partial charge in [-0.05, 0) is 36.8 Å². The van der Waals surface area contributed by atoms with Gasteiger partial charge in [-0.3, -0.25) is 5.32 Å². The molecule has 3 aromatic rings. The first-order valence-electron chi connectivity index (χ1n) is 6.89. The summed E-state index contributed by atoms with van der Waals surface area (Å²) in [5, 5.41) is 2.69. The van der Waals surface area contributed by atoms with E-state index >= 15 is 0 Å². The molecule has 1 aromatic carbocycles. The van der Waals surface area contributed by atoms with Crippen molar-refractivity contribution in [1.29, 1.82) is 0 Å². The summed E-state index contributed by atoms with van der Waals surface area (Å²) >= 11 is 0.